The van der Waals surface area contributed by atoms with E-state index < -0.39 is 0 Å². The van der Waals surface area contributed by atoms with Crippen LogP contribution in [0.1, 0.15) is 110 Å². The van der Waals surface area contributed by atoms with Crippen LogP contribution < -0.4 is 31.3 Å². The van der Waals surface area contributed by atoms with E-state index in [1.165, 1.54) is 61.2 Å². The van der Waals surface area contributed by atoms with Gasteiger partial charge in [-0.05, 0) is 171 Å². The van der Waals surface area contributed by atoms with Crippen LogP contribution in [0.3, 0.4) is 0 Å². The minimum atomic E-state index is -0.124. The highest BCUT2D eigenvalue weighted by Gasteiger charge is 2.48. The van der Waals surface area contributed by atoms with Crippen LogP contribution in [0.2, 0.25) is 0 Å². The average molecular weight is 864 g/mol. The molecule has 0 spiro atoms. The Balaban J connectivity index is 1.18. The third-order valence-corrected chi connectivity index (χ3v) is 15.0. The van der Waals surface area contributed by atoms with Gasteiger partial charge in [-0.3, -0.25) is 0 Å². The van der Waals surface area contributed by atoms with Crippen LogP contribution in [0.4, 0.5) is 51.2 Å². The van der Waals surface area contributed by atoms with Crippen molar-refractivity contribution in [3.05, 3.63) is 179 Å². The van der Waals surface area contributed by atoms with E-state index in [1.807, 2.05) is 0 Å². The third kappa shape index (κ3) is 6.71. The Hall–Kier alpha value is -6.46. The highest BCUT2D eigenvalue weighted by Crippen LogP contribution is 2.52. The largest absolute Gasteiger partial charge is 0.468 e. The molecule has 7 aromatic carbocycles. The monoisotopic (exact) mass is 863 g/mol. The highest BCUT2D eigenvalue weighted by molar-refractivity contribution is 7.00. The van der Waals surface area contributed by atoms with Crippen LogP contribution >= 0.6 is 0 Å². The summed E-state index contributed by atoms with van der Waals surface area (Å²) >= 11 is 0. The molecule has 11 rings (SSSR count). The van der Waals surface area contributed by atoms with Gasteiger partial charge in [-0.25, -0.2) is 0 Å². The third-order valence-electron chi connectivity index (χ3n) is 15.0. The number of nitrogens with zero attached hydrogens (tertiary/aromatic N) is 3. The molecule has 0 fully saturated rings. The second kappa shape index (κ2) is 14.8. The van der Waals surface area contributed by atoms with E-state index in [4.69, 9.17) is 4.42 Å². The van der Waals surface area contributed by atoms with Crippen LogP contribution in [0, 0.1) is 6.92 Å². The van der Waals surface area contributed by atoms with Gasteiger partial charge >= 0.3 is 0 Å². The second-order valence-corrected chi connectivity index (χ2v) is 22.6. The lowest BCUT2D eigenvalue weighted by Gasteiger charge is -2.43. The van der Waals surface area contributed by atoms with E-state index in [-0.39, 0.29) is 28.4 Å². The Kier molecular flexibility index (Phi) is 9.45. The standard InChI is InChI=1S/C61H62BN3O/c1-39-34-52-55-53(35-39)65(46-25-22-40(23-26-46)58(2,3)4)56-47-37-48-49(61(10,11)33-32-60(48,8)9)38-54(47)66-57(56)62(55)50-36-41(59(5,6)7)24-31-51(50)64(52)45-29-27-44(28-30-45)63(42-18-14-12-15-19-42)43-20-16-13-17-21-43/h12-31,34-38H,32-33H2,1-11H3. The molecule has 5 heteroatoms. The summed E-state index contributed by atoms with van der Waals surface area (Å²) in [5.74, 6) is 0. The fourth-order valence-corrected chi connectivity index (χ4v) is 11.2. The molecule has 1 aliphatic carbocycles. The van der Waals surface area contributed by atoms with Crippen molar-refractivity contribution in [2.75, 3.05) is 14.7 Å². The Morgan fingerprint density at radius 2 is 1.03 bits per heavy atom. The van der Waals surface area contributed by atoms with Gasteiger partial charge in [0, 0.05) is 50.9 Å². The van der Waals surface area contributed by atoms with Crippen LogP contribution in [-0.4, -0.2) is 6.71 Å². The molecule has 0 bridgehead atoms. The Bertz CT molecular complexity index is 3130. The summed E-state index contributed by atoms with van der Waals surface area (Å²) in [6.45, 7) is 25.7. The van der Waals surface area contributed by atoms with E-state index >= 15 is 0 Å². The lowest BCUT2D eigenvalue weighted by Crippen LogP contribution is -2.61. The number of anilines is 9. The summed E-state index contributed by atoms with van der Waals surface area (Å²) in [6, 6.07) is 56.8. The molecule has 2 aliphatic heterocycles. The topological polar surface area (TPSA) is 22.9 Å². The number of hydrogen-bond donors (Lipinski definition) is 0. The zero-order valence-corrected chi connectivity index (χ0v) is 40.7. The summed E-state index contributed by atoms with van der Waals surface area (Å²) in [4.78, 5) is 7.39. The SMILES string of the molecule is Cc1cc2c3c(c1)N(c1ccc(C(C)(C)C)cc1)c1c(oc4cc5c(cc14)C(C)(C)CCC5(C)C)B3c1cc(C(C)(C)C)ccc1N2c1ccc(N(c2ccccc2)c2ccccc2)cc1. The maximum absolute atomic E-state index is 7.51. The first-order valence-corrected chi connectivity index (χ1v) is 24.0. The summed E-state index contributed by atoms with van der Waals surface area (Å²) in [6.07, 6.45) is 2.30. The van der Waals surface area contributed by atoms with E-state index in [9.17, 15) is 0 Å². The first kappa shape index (κ1) is 42.2. The summed E-state index contributed by atoms with van der Waals surface area (Å²) < 4.78 is 7.51. The highest BCUT2D eigenvalue weighted by atomic mass is 16.3. The Morgan fingerprint density at radius 1 is 0.530 bits per heavy atom. The molecule has 0 radical (unpaired) electrons. The molecule has 1 aromatic heterocycles. The fraction of sp³-hybridized carbons (Fsp3) is 0.279. The molecular formula is C61H62BN3O. The number of fused-ring (bicyclic) bond motifs is 7. The Morgan fingerprint density at radius 3 is 1.61 bits per heavy atom. The first-order valence-electron chi connectivity index (χ1n) is 24.0. The molecule has 3 aliphatic rings. The van der Waals surface area contributed by atoms with Crippen molar-refractivity contribution in [1.29, 1.82) is 0 Å². The van der Waals surface area contributed by atoms with Crippen molar-refractivity contribution in [3.63, 3.8) is 0 Å². The molecule has 0 unspecified atom stereocenters. The van der Waals surface area contributed by atoms with Gasteiger partial charge in [0.1, 0.15) is 5.58 Å². The predicted molar refractivity (Wildman–Crippen MR) is 282 cm³/mol. The lowest BCUT2D eigenvalue weighted by atomic mass is 9.35. The molecule has 66 heavy (non-hydrogen) atoms. The molecule has 0 atom stereocenters. The molecule has 0 amide bonds. The quantitative estimate of drug-likeness (QED) is 0.161. The van der Waals surface area contributed by atoms with Crippen molar-refractivity contribution >= 4 is 85.5 Å². The van der Waals surface area contributed by atoms with Gasteiger partial charge < -0.3 is 19.1 Å². The zero-order chi connectivity index (χ0) is 46.1. The number of rotatable bonds is 5. The normalized spacial score (nSPS) is 15.8. The minimum absolute atomic E-state index is 0.0305. The average Bonchev–Trinajstić information content (AvgIpc) is 3.66. The summed E-state index contributed by atoms with van der Waals surface area (Å²) in [5.41, 5.74) is 21.7. The predicted octanol–water partition coefficient (Wildman–Crippen LogP) is 15.2. The van der Waals surface area contributed by atoms with E-state index in [1.54, 1.807) is 0 Å². The number of furan rings is 1. The summed E-state index contributed by atoms with van der Waals surface area (Å²) in [5, 5.41) is 1.19. The molecule has 0 saturated carbocycles. The maximum Gasteiger partial charge on any atom is 0.297 e. The van der Waals surface area contributed by atoms with E-state index in [0.717, 1.165) is 58.2 Å². The molecule has 4 nitrogen and oxygen atoms in total. The zero-order valence-electron chi connectivity index (χ0n) is 40.7. The van der Waals surface area contributed by atoms with Crippen LogP contribution in [0.15, 0.2) is 156 Å². The van der Waals surface area contributed by atoms with Gasteiger partial charge in [-0.2, -0.15) is 0 Å². The van der Waals surface area contributed by atoms with Crippen molar-refractivity contribution in [3.8, 4) is 0 Å². The molecular weight excluding hydrogens is 802 g/mol. The van der Waals surface area contributed by atoms with Crippen LogP contribution in [0.5, 0.6) is 0 Å². The lowest BCUT2D eigenvalue weighted by molar-refractivity contribution is 0.332. The minimum Gasteiger partial charge on any atom is -0.468 e. The van der Waals surface area contributed by atoms with Gasteiger partial charge in [-0.1, -0.05) is 130 Å². The first-order chi connectivity index (χ1) is 31.4. The van der Waals surface area contributed by atoms with E-state index in [2.05, 4.69) is 243 Å². The van der Waals surface area contributed by atoms with Crippen LogP contribution in [0.25, 0.3) is 11.0 Å². The van der Waals surface area contributed by atoms with E-state index in [0.29, 0.717) is 0 Å². The fourth-order valence-electron chi connectivity index (χ4n) is 11.2. The molecule has 330 valence electrons. The van der Waals surface area contributed by atoms with Gasteiger partial charge in [0.05, 0.1) is 11.3 Å². The Labute approximate surface area is 393 Å². The molecule has 8 aromatic rings. The number of benzene rings is 7. The maximum atomic E-state index is 7.51. The van der Waals surface area contributed by atoms with Crippen LogP contribution in [-0.2, 0) is 21.7 Å². The van der Waals surface area contributed by atoms with Crippen molar-refractivity contribution < 1.29 is 4.42 Å². The number of hydrogen-bond acceptors (Lipinski definition) is 4. The van der Waals surface area contributed by atoms with Crippen molar-refractivity contribution in [1.82, 2.24) is 0 Å². The smallest absolute Gasteiger partial charge is 0.297 e. The molecule has 0 saturated heterocycles. The van der Waals surface area contributed by atoms with Crippen molar-refractivity contribution in [2.24, 2.45) is 0 Å². The second-order valence-electron chi connectivity index (χ2n) is 22.6. The van der Waals surface area contributed by atoms with Gasteiger partial charge in [0.25, 0.3) is 6.71 Å². The van der Waals surface area contributed by atoms with Gasteiger partial charge in [0.2, 0.25) is 0 Å². The summed E-state index contributed by atoms with van der Waals surface area (Å²) in [7, 11) is 0. The number of para-hydroxylation sites is 2. The molecule has 0 N–H and O–H groups in total. The van der Waals surface area contributed by atoms with Gasteiger partial charge in [0.15, 0.2) is 0 Å². The number of aryl methyl sites for hydroxylation is 1. The molecule has 3 heterocycles. The van der Waals surface area contributed by atoms with Gasteiger partial charge in [-0.15, -0.1) is 0 Å². The van der Waals surface area contributed by atoms with Crippen molar-refractivity contribution in [2.45, 2.75) is 111 Å².